The molecule has 1 aromatic rings. The summed E-state index contributed by atoms with van der Waals surface area (Å²) < 4.78 is 12.8. The number of likely N-dealkylation sites (N-methyl/N-ethyl adjacent to an activating group) is 1. The molecule has 0 unspecified atom stereocenters. The highest BCUT2D eigenvalue weighted by Gasteiger charge is 2.18. The van der Waals surface area contributed by atoms with E-state index in [1.165, 1.54) is 13.1 Å². The van der Waals surface area contributed by atoms with Crippen LogP contribution in [-0.4, -0.2) is 41.5 Å². The van der Waals surface area contributed by atoms with Crippen molar-refractivity contribution >= 4 is 11.8 Å². The number of amides is 2. The third-order valence-electron chi connectivity index (χ3n) is 2.37. The Kier molecular flexibility index (Phi) is 4.86. The zero-order chi connectivity index (χ0) is 14.6. The molecule has 0 spiro atoms. The van der Waals surface area contributed by atoms with E-state index in [9.17, 15) is 19.1 Å². The number of aromatic hydroxyl groups is 1. The summed E-state index contributed by atoms with van der Waals surface area (Å²) in [6.07, 6.45) is 0. The van der Waals surface area contributed by atoms with Gasteiger partial charge in [0.2, 0.25) is 5.91 Å². The molecule has 0 saturated heterocycles. The lowest BCUT2D eigenvalue weighted by Gasteiger charge is -2.18. The van der Waals surface area contributed by atoms with Crippen LogP contribution in [0.15, 0.2) is 18.2 Å². The summed E-state index contributed by atoms with van der Waals surface area (Å²) in [5.74, 6) is -1.92. The highest BCUT2D eigenvalue weighted by molar-refractivity contribution is 5.98. The molecular formula is C13H17FN2O3. The van der Waals surface area contributed by atoms with E-state index in [0.29, 0.717) is 0 Å². The Balaban J connectivity index is 2.74. The molecule has 104 valence electrons. The summed E-state index contributed by atoms with van der Waals surface area (Å²) in [4.78, 5) is 24.6. The largest absolute Gasteiger partial charge is 0.507 e. The molecule has 0 aliphatic heterocycles. The lowest BCUT2D eigenvalue weighted by atomic mass is 10.1. The number of carbonyl (C=O) groups excluding carboxylic acids is 2. The summed E-state index contributed by atoms with van der Waals surface area (Å²) >= 11 is 0. The first-order valence-electron chi connectivity index (χ1n) is 5.84. The topological polar surface area (TPSA) is 69.6 Å². The number of hydrogen-bond acceptors (Lipinski definition) is 3. The Morgan fingerprint density at radius 2 is 2.05 bits per heavy atom. The number of nitrogens with zero attached hydrogens (tertiary/aromatic N) is 1. The molecule has 0 radical (unpaired) electrons. The summed E-state index contributed by atoms with van der Waals surface area (Å²) in [5, 5.41) is 12.2. The molecule has 0 aliphatic carbocycles. The van der Waals surface area contributed by atoms with Crippen LogP contribution >= 0.6 is 0 Å². The van der Waals surface area contributed by atoms with E-state index in [-0.39, 0.29) is 24.1 Å². The number of phenolic OH excluding ortho intramolecular Hbond substituents is 1. The molecule has 0 atom stereocenters. The van der Waals surface area contributed by atoms with Gasteiger partial charge in [0, 0.05) is 19.2 Å². The van der Waals surface area contributed by atoms with Crippen LogP contribution in [0.2, 0.25) is 0 Å². The second kappa shape index (κ2) is 6.17. The lowest BCUT2D eigenvalue weighted by molar-refractivity contribution is -0.122. The molecule has 2 N–H and O–H groups in total. The van der Waals surface area contributed by atoms with E-state index in [2.05, 4.69) is 5.32 Å². The lowest BCUT2D eigenvalue weighted by Crippen LogP contribution is -2.40. The van der Waals surface area contributed by atoms with E-state index in [1.54, 1.807) is 0 Å². The monoisotopic (exact) mass is 268 g/mol. The molecule has 1 aromatic carbocycles. The molecule has 5 nitrogen and oxygen atoms in total. The van der Waals surface area contributed by atoms with Crippen molar-refractivity contribution in [3.05, 3.63) is 29.6 Å². The fraction of sp³-hybridized carbons (Fsp3) is 0.385. The molecule has 0 aromatic heterocycles. The Labute approximate surface area is 111 Å². The van der Waals surface area contributed by atoms with Crippen LogP contribution in [0.25, 0.3) is 0 Å². The summed E-state index contributed by atoms with van der Waals surface area (Å²) in [5.41, 5.74) is -0.0405. The van der Waals surface area contributed by atoms with Crippen LogP contribution in [-0.2, 0) is 4.79 Å². The van der Waals surface area contributed by atoms with Gasteiger partial charge in [-0.3, -0.25) is 9.59 Å². The molecule has 1 rings (SSSR count). The first-order valence-corrected chi connectivity index (χ1v) is 5.84. The van der Waals surface area contributed by atoms with Crippen LogP contribution < -0.4 is 5.32 Å². The van der Waals surface area contributed by atoms with Gasteiger partial charge in [0.15, 0.2) is 0 Å². The summed E-state index contributed by atoms with van der Waals surface area (Å²) in [7, 11) is 1.44. The predicted octanol–water partition coefficient (Wildman–Crippen LogP) is 1.13. The maximum atomic E-state index is 12.8. The van der Waals surface area contributed by atoms with Crippen LogP contribution in [0.3, 0.4) is 0 Å². The van der Waals surface area contributed by atoms with Gasteiger partial charge in [-0.15, -0.1) is 0 Å². The van der Waals surface area contributed by atoms with Gasteiger partial charge in [0.05, 0.1) is 12.1 Å². The highest BCUT2D eigenvalue weighted by Crippen LogP contribution is 2.19. The number of benzene rings is 1. The fourth-order valence-corrected chi connectivity index (χ4v) is 1.55. The first-order chi connectivity index (χ1) is 8.81. The predicted molar refractivity (Wildman–Crippen MR) is 68.3 cm³/mol. The molecule has 0 aliphatic rings. The van der Waals surface area contributed by atoms with E-state index in [0.717, 1.165) is 17.0 Å². The third-order valence-corrected chi connectivity index (χ3v) is 2.37. The minimum atomic E-state index is -0.630. The van der Waals surface area contributed by atoms with Crippen molar-refractivity contribution in [3.63, 3.8) is 0 Å². The average molecular weight is 268 g/mol. The Hall–Kier alpha value is -2.11. The van der Waals surface area contributed by atoms with Crippen molar-refractivity contribution in [2.45, 2.75) is 19.9 Å². The first kappa shape index (κ1) is 14.9. The van der Waals surface area contributed by atoms with Crippen LogP contribution in [0.5, 0.6) is 5.75 Å². The van der Waals surface area contributed by atoms with Crippen LogP contribution in [0.4, 0.5) is 4.39 Å². The zero-order valence-electron chi connectivity index (χ0n) is 11.1. The molecule has 2 amide bonds. The van der Waals surface area contributed by atoms with Crippen LogP contribution in [0, 0.1) is 5.82 Å². The second-order valence-electron chi connectivity index (χ2n) is 4.54. The maximum Gasteiger partial charge on any atom is 0.257 e. The van der Waals surface area contributed by atoms with E-state index in [1.807, 2.05) is 13.8 Å². The van der Waals surface area contributed by atoms with Crippen molar-refractivity contribution in [2.75, 3.05) is 13.6 Å². The van der Waals surface area contributed by atoms with Crippen molar-refractivity contribution in [1.29, 1.82) is 0 Å². The number of hydrogen-bond donors (Lipinski definition) is 2. The highest BCUT2D eigenvalue weighted by atomic mass is 19.1. The van der Waals surface area contributed by atoms with Gasteiger partial charge < -0.3 is 15.3 Å². The minimum absolute atomic E-state index is 0.0183. The van der Waals surface area contributed by atoms with Gasteiger partial charge in [-0.1, -0.05) is 0 Å². The van der Waals surface area contributed by atoms with Gasteiger partial charge in [-0.2, -0.15) is 0 Å². The maximum absolute atomic E-state index is 12.8. The van der Waals surface area contributed by atoms with Gasteiger partial charge in [0.25, 0.3) is 5.91 Å². The summed E-state index contributed by atoms with van der Waals surface area (Å²) in [6.45, 7) is 3.49. The molecule has 0 fully saturated rings. The number of carbonyl (C=O) groups is 2. The minimum Gasteiger partial charge on any atom is -0.507 e. The van der Waals surface area contributed by atoms with Gasteiger partial charge in [-0.05, 0) is 26.0 Å². The SMILES string of the molecule is CC(C)NC(=O)CN(C)C(=O)c1ccc(F)cc1O. The fourth-order valence-electron chi connectivity index (χ4n) is 1.55. The number of halogens is 1. The zero-order valence-corrected chi connectivity index (χ0v) is 11.1. The van der Waals surface area contributed by atoms with Crippen LogP contribution in [0.1, 0.15) is 24.2 Å². The molecule has 0 saturated carbocycles. The van der Waals surface area contributed by atoms with Crippen molar-refractivity contribution in [2.24, 2.45) is 0 Å². The number of rotatable bonds is 4. The van der Waals surface area contributed by atoms with Gasteiger partial charge >= 0.3 is 0 Å². The molecule has 0 heterocycles. The molecular weight excluding hydrogens is 251 g/mol. The van der Waals surface area contributed by atoms with Gasteiger partial charge in [0.1, 0.15) is 11.6 Å². The van der Waals surface area contributed by atoms with Crippen molar-refractivity contribution in [3.8, 4) is 5.75 Å². The normalized spacial score (nSPS) is 10.4. The Bertz CT molecular complexity index is 489. The van der Waals surface area contributed by atoms with E-state index in [4.69, 9.17) is 0 Å². The smallest absolute Gasteiger partial charge is 0.257 e. The molecule has 6 heteroatoms. The number of nitrogens with one attached hydrogen (secondary N) is 1. The third kappa shape index (κ3) is 4.24. The molecule has 0 bridgehead atoms. The second-order valence-corrected chi connectivity index (χ2v) is 4.54. The Morgan fingerprint density at radius 3 is 2.58 bits per heavy atom. The standard InChI is InChI=1S/C13H17FN2O3/c1-8(2)15-12(18)7-16(3)13(19)10-5-4-9(14)6-11(10)17/h4-6,8,17H,7H2,1-3H3,(H,15,18). The average Bonchev–Trinajstić information content (AvgIpc) is 2.26. The van der Waals surface area contributed by atoms with E-state index >= 15 is 0 Å². The van der Waals surface area contributed by atoms with Crippen molar-refractivity contribution in [1.82, 2.24) is 10.2 Å². The molecule has 19 heavy (non-hydrogen) atoms. The van der Waals surface area contributed by atoms with Gasteiger partial charge in [-0.25, -0.2) is 4.39 Å². The van der Waals surface area contributed by atoms with E-state index < -0.39 is 17.5 Å². The quantitative estimate of drug-likeness (QED) is 0.860. The van der Waals surface area contributed by atoms with Crippen molar-refractivity contribution < 1.29 is 19.1 Å². The number of phenols is 1. The summed E-state index contributed by atoms with van der Waals surface area (Å²) in [6, 6.07) is 3.10. The Morgan fingerprint density at radius 1 is 1.42 bits per heavy atom.